The predicted molar refractivity (Wildman–Crippen MR) is 80.1 cm³/mol. The summed E-state index contributed by atoms with van der Waals surface area (Å²) in [5.41, 5.74) is 2.04. The molecule has 1 amide bonds. The zero-order valence-corrected chi connectivity index (χ0v) is 13.3. The molecule has 0 saturated carbocycles. The largest absolute Gasteiger partial charge is 0.378 e. The number of ether oxygens (including phenoxy) is 1. The van der Waals surface area contributed by atoms with Gasteiger partial charge in [-0.15, -0.1) is 0 Å². The van der Waals surface area contributed by atoms with Gasteiger partial charge in [-0.25, -0.2) is 9.61 Å². The number of aromatic nitrogens is 3. The van der Waals surface area contributed by atoms with E-state index in [1.54, 1.807) is 6.92 Å². The zero-order valence-electron chi connectivity index (χ0n) is 12.5. The molecule has 0 bridgehead atoms. The van der Waals surface area contributed by atoms with Crippen molar-refractivity contribution < 1.29 is 14.2 Å². The van der Waals surface area contributed by atoms with E-state index in [1.807, 2.05) is 6.92 Å². The van der Waals surface area contributed by atoms with E-state index < -0.39 is 0 Å². The highest BCUT2D eigenvalue weighted by Crippen LogP contribution is 2.26. The minimum Gasteiger partial charge on any atom is -0.378 e. The number of rotatable bonds is 4. The lowest BCUT2D eigenvalue weighted by Gasteiger charge is -2.25. The number of hydrogen-bond donors (Lipinski definition) is 1. The van der Waals surface area contributed by atoms with E-state index in [0.29, 0.717) is 36.0 Å². The van der Waals surface area contributed by atoms with Crippen LogP contribution < -0.4 is 10.2 Å². The van der Waals surface area contributed by atoms with Crippen molar-refractivity contribution in [2.75, 3.05) is 31.2 Å². The first kappa shape index (κ1) is 14.9. The molecular formula is C13H17N5O3S. The van der Waals surface area contributed by atoms with E-state index in [0.717, 1.165) is 23.9 Å². The maximum absolute atomic E-state index is 12.3. The van der Waals surface area contributed by atoms with Crippen molar-refractivity contribution in [2.24, 2.45) is 0 Å². The number of carbonyl (C=O) groups excluding carboxylic acids is 1. The van der Waals surface area contributed by atoms with Crippen molar-refractivity contribution in [1.82, 2.24) is 20.6 Å². The van der Waals surface area contributed by atoms with Crippen LogP contribution in [0.1, 0.15) is 26.8 Å². The molecule has 9 heteroatoms. The van der Waals surface area contributed by atoms with Gasteiger partial charge in [0, 0.05) is 13.1 Å². The van der Waals surface area contributed by atoms with Gasteiger partial charge >= 0.3 is 0 Å². The summed E-state index contributed by atoms with van der Waals surface area (Å²) in [6.45, 7) is 6.91. The SMILES string of the molecule is Cc1nonc1CNC(=O)c1sc(N2CCOCC2)nc1C. The van der Waals surface area contributed by atoms with Crippen molar-refractivity contribution in [1.29, 1.82) is 0 Å². The lowest BCUT2D eigenvalue weighted by molar-refractivity contribution is 0.0953. The van der Waals surface area contributed by atoms with E-state index in [1.165, 1.54) is 11.3 Å². The highest BCUT2D eigenvalue weighted by atomic mass is 32.1. The maximum Gasteiger partial charge on any atom is 0.263 e. The Morgan fingerprint density at radius 2 is 2.05 bits per heavy atom. The van der Waals surface area contributed by atoms with Crippen molar-refractivity contribution in [3.8, 4) is 0 Å². The first-order valence-electron chi connectivity index (χ1n) is 7.01. The summed E-state index contributed by atoms with van der Waals surface area (Å²) in [6.07, 6.45) is 0. The molecule has 0 aliphatic carbocycles. The molecule has 0 spiro atoms. The summed E-state index contributed by atoms with van der Waals surface area (Å²) in [4.78, 5) is 19.6. The average Bonchev–Trinajstić information content (AvgIpc) is 3.12. The minimum absolute atomic E-state index is 0.156. The number of anilines is 1. The van der Waals surface area contributed by atoms with Gasteiger partial charge in [-0.2, -0.15) is 0 Å². The van der Waals surface area contributed by atoms with Gasteiger partial charge in [-0.05, 0) is 13.8 Å². The van der Waals surface area contributed by atoms with E-state index in [9.17, 15) is 4.79 Å². The summed E-state index contributed by atoms with van der Waals surface area (Å²) in [5, 5.41) is 11.1. The standard InChI is InChI=1S/C13H17N5O3S/c1-8-10(17-21-16-8)7-14-12(19)11-9(2)15-13(22-11)18-3-5-20-6-4-18/h3-7H2,1-2H3,(H,14,19). The average molecular weight is 323 g/mol. The van der Waals surface area contributed by atoms with Gasteiger partial charge in [0.15, 0.2) is 5.13 Å². The number of amides is 1. The molecule has 1 aliphatic heterocycles. The van der Waals surface area contributed by atoms with Crippen LogP contribution in [0.15, 0.2) is 4.63 Å². The van der Waals surface area contributed by atoms with Crippen LogP contribution in [0.2, 0.25) is 0 Å². The van der Waals surface area contributed by atoms with Crippen molar-refractivity contribution >= 4 is 22.4 Å². The van der Waals surface area contributed by atoms with Gasteiger partial charge in [0.25, 0.3) is 5.91 Å². The normalized spacial score (nSPS) is 15.1. The second-order valence-electron chi connectivity index (χ2n) is 4.99. The van der Waals surface area contributed by atoms with E-state index in [2.05, 4.69) is 30.1 Å². The molecule has 2 aromatic heterocycles. The summed E-state index contributed by atoms with van der Waals surface area (Å²) < 4.78 is 9.94. The Bertz CT molecular complexity index is 662. The number of carbonyl (C=O) groups is 1. The minimum atomic E-state index is -0.156. The highest BCUT2D eigenvalue weighted by molar-refractivity contribution is 7.17. The number of hydrogen-bond acceptors (Lipinski definition) is 8. The molecule has 1 aliphatic rings. The molecular weight excluding hydrogens is 306 g/mol. The molecule has 0 radical (unpaired) electrons. The summed E-state index contributed by atoms with van der Waals surface area (Å²) in [6, 6.07) is 0. The van der Waals surface area contributed by atoms with Crippen molar-refractivity contribution in [3.63, 3.8) is 0 Å². The molecule has 22 heavy (non-hydrogen) atoms. The molecule has 0 unspecified atom stereocenters. The summed E-state index contributed by atoms with van der Waals surface area (Å²) >= 11 is 1.40. The predicted octanol–water partition coefficient (Wildman–Crippen LogP) is 0.910. The Hall–Kier alpha value is -2.00. The van der Waals surface area contributed by atoms with Gasteiger partial charge in [0.2, 0.25) is 0 Å². The van der Waals surface area contributed by atoms with E-state index >= 15 is 0 Å². The second-order valence-corrected chi connectivity index (χ2v) is 5.97. The maximum atomic E-state index is 12.3. The molecule has 118 valence electrons. The van der Waals surface area contributed by atoms with Gasteiger partial charge < -0.3 is 15.0 Å². The van der Waals surface area contributed by atoms with Gasteiger partial charge in [-0.3, -0.25) is 4.79 Å². The van der Waals surface area contributed by atoms with Crippen LogP contribution in [-0.2, 0) is 11.3 Å². The first-order chi connectivity index (χ1) is 10.6. The molecule has 2 aromatic rings. The van der Waals surface area contributed by atoms with Gasteiger partial charge in [0.05, 0.1) is 25.5 Å². The first-order valence-corrected chi connectivity index (χ1v) is 7.83. The van der Waals surface area contributed by atoms with Crippen LogP contribution in [0.3, 0.4) is 0 Å². The molecule has 0 aromatic carbocycles. The zero-order chi connectivity index (χ0) is 15.5. The Labute approximate surface area is 131 Å². The van der Waals surface area contributed by atoms with Crippen LogP contribution >= 0.6 is 11.3 Å². The fourth-order valence-electron chi connectivity index (χ4n) is 2.14. The van der Waals surface area contributed by atoms with Crippen LogP contribution in [0.25, 0.3) is 0 Å². The lowest BCUT2D eigenvalue weighted by Crippen LogP contribution is -2.36. The van der Waals surface area contributed by atoms with Gasteiger partial charge in [0.1, 0.15) is 16.3 Å². The highest BCUT2D eigenvalue weighted by Gasteiger charge is 2.20. The Kier molecular flexibility index (Phi) is 4.34. The fourth-order valence-corrected chi connectivity index (χ4v) is 3.17. The Balaban J connectivity index is 1.67. The number of aryl methyl sites for hydroxylation is 2. The number of nitrogens with zero attached hydrogens (tertiary/aromatic N) is 4. The quantitative estimate of drug-likeness (QED) is 0.893. The molecule has 1 N–H and O–H groups in total. The number of morpholine rings is 1. The third-order valence-electron chi connectivity index (χ3n) is 3.44. The van der Waals surface area contributed by atoms with Crippen molar-refractivity contribution in [3.05, 3.63) is 22.0 Å². The molecule has 3 rings (SSSR count). The van der Waals surface area contributed by atoms with Crippen LogP contribution in [-0.4, -0.2) is 47.5 Å². The smallest absolute Gasteiger partial charge is 0.263 e. The fraction of sp³-hybridized carbons (Fsp3) is 0.538. The summed E-state index contributed by atoms with van der Waals surface area (Å²) in [5.74, 6) is -0.156. The molecule has 8 nitrogen and oxygen atoms in total. The second kappa shape index (κ2) is 6.41. The summed E-state index contributed by atoms with van der Waals surface area (Å²) in [7, 11) is 0. The van der Waals surface area contributed by atoms with Crippen molar-refractivity contribution in [2.45, 2.75) is 20.4 Å². The van der Waals surface area contributed by atoms with E-state index in [-0.39, 0.29) is 5.91 Å². The van der Waals surface area contributed by atoms with Crippen LogP contribution in [0, 0.1) is 13.8 Å². The van der Waals surface area contributed by atoms with E-state index in [4.69, 9.17) is 4.74 Å². The monoisotopic (exact) mass is 323 g/mol. The Morgan fingerprint density at radius 3 is 2.73 bits per heavy atom. The Morgan fingerprint density at radius 1 is 1.27 bits per heavy atom. The third kappa shape index (κ3) is 3.09. The number of nitrogens with one attached hydrogen (secondary N) is 1. The van der Waals surface area contributed by atoms with Gasteiger partial charge in [-0.1, -0.05) is 21.7 Å². The lowest BCUT2D eigenvalue weighted by atomic mass is 10.3. The third-order valence-corrected chi connectivity index (χ3v) is 4.65. The molecule has 0 atom stereocenters. The molecule has 1 saturated heterocycles. The molecule has 3 heterocycles. The topological polar surface area (TPSA) is 93.4 Å². The molecule has 1 fully saturated rings. The van der Waals surface area contributed by atoms with Crippen LogP contribution in [0.5, 0.6) is 0 Å². The number of thiazole rings is 1. The van der Waals surface area contributed by atoms with Crippen LogP contribution in [0.4, 0.5) is 5.13 Å².